The predicted molar refractivity (Wildman–Crippen MR) is 123 cm³/mol. The van der Waals surface area contributed by atoms with Crippen molar-refractivity contribution in [2.24, 2.45) is 0 Å². The third-order valence-electron chi connectivity index (χ3n) is 5.45. The summed E-state index contributed by atoms with van der Waals surface area (Å²) in [5.74, 6) is -0.577. The number of fused-ring (bicyclic) bond motifs is 2. The second-order valence-corrected chi connectivity index (χ2v) is 8.13. The summed E-state index contributed by atoms with van der Waals surface area (Å²) in [6, 6.07) is 16.2. The number of para-hydroxylation sites is 1. The average Bonchev–Trinajstić information content (AvgIpc) is 3.42. The molecule has 0 atom stereocenters. The average molecular weight is 484 g/mol. The molecule has 0 spiro atoms. The Hall–Kier alpha value is -3.85. The molecule has 3 aromatic heterocycles. The number of carbonyl (C=O) groups is 1. The number of nitrogens with zero attached hydrogens (tertiary/aromatic N) is 3. The molecule has 5 rings (SSSR count). The lowest BCUT2D eigenvalue weighted by Gasteiger charge is -2.11. The maximum Gasteiger partial charge on any atom is 0.433 e. The fourth-order valence-corrected chi connectivity index (χ4v) is 3.92. The molecule has 0 unspecified atom stereocenters. The van der Waals surface area contributed by atoms with Crippen LogP contribution >= 0.6 is 11.6 Å². The van der Waals surface area contributed by atoms with Crippen LogP contribution in [0.25, 0.3) is 27.8 Å². The summed E-state index contributed by atoms with van der Waals surface area (Å²) in [6.07, 6.45) is -2.27. The van der Waals surface area contributed by atoms with Gasteiger partial charge in [-0.15, -0.1) is 0 Å². The van der Waals surface area contributed by atoms with Crippen molar-refractivity contribution in [2.45, 2.75) is 12.6 Å². The third kappa shape index (κ3) is 4.22. The summed E-state index contributed by atoms with van der Waals surface area (Å²) in [7, 11) is 0. The van der Waals surface area contributed by atoms with Crippen LogP contribution in [0, 0.1) is 0 Å². The highest BCUT2D eigenvalue weighted by Gasteiger charge is 2.35. The first kappa shape index (κ1) is 22.0. The summed E-state index contributed by atoms with van der Waals surface area (Å²) >= 11 is 5.88. The molecule has 3 heterocycles. The van der Waals surface area contributed by atoms with E-state index in [0.717, 1.165) is 22.5 Å². The maximum absolute atomic E-state index is 13.8. The number of rotatable bonds is 5. The SMILES string of the molecule is O=C(NCCc1c[nH]c2ccccc12)c1cc2nc(-c3ccc(Cl)cc3)cc(C(F)(F)F)n2n1. The van der Waals surface area contributed by atoms with Gasteiger partial charge in [0.2, 0.25) is 0 Å². The molecule has 6 nitrogen and oxygen atoms in total. The highest BCUT2D eigenvalue weighted by atomic mass is 35.5. The van der Waals surface area contributed by atoms with E-state index in [9.17, 15) is 18.0 Å². The van der Waals surface area contributed by atoms with E-state index in [2.05, 4.69) is 20.4 Å². The van der Waals surface area contributed by atoms with Crippen molar-refractivity contribution in [3.63, 3.8) is 0 Å². The Morgan fingerprint density at radius 3 is 2.62 bits per heavy atom. The number of nitrogens with one attached hydrogen (secondary N) is 2. The van der Waals surface area contributed by atoms with Crippen LogP contribution in [0.1, 0.15) is 21.7 Å². The van der Waals surface area contributed by atoms with Crippen molar-refractivity contribution in [1.82, 2.24) is 24.9 Å². The van der Waals surface area contributed by atoms with Gasteiger partial charge in [-0.1, -0.05) is 41.9 Å². The van der Waals surface area contributed by atoms with Gasteiger partial charge >= 0.3 is 6.18 Å². The Morgan fingerprint density at radius 1 is 1.09 bits per heavy atom. The van der Waals surface area contributed by atoms with E-state index in [4.69, 9.17) is 11.6 Å². The third-order valence-corrected chi connectivity index (χ3v) is 5.70. The largest absolute Gasteiger partial charge is 0.433 e. The van der Waals surface area contributed by atoms with Gasteiger partial charge in [0.25, 0.3) is 5.91 Å². The molecule has 0 aliphatic carbocycles. The molecule has 2 N–H and O–H groups in total. The van der Waals surface area contributed by atoms with E-state index < -0.39 is 17.8 Å². The highest BCUT2D eigenvalue weighted by Crippen LogP contribution is 2.32. The number of alkyl halides is 3. The standard InChI is InChI=1S/C24H17ClF3N5O/c25-16-7-5-14(6-8-16)19-11-21(24(26,27)28)33-22(31-19)12-20(32-33)23(34)29-10-9-15-13-30-18-4-2-1-3-17(15)18/h1-8,11-13,30H,9-10H2,(H,29,34). The molecule has 0 aliphatic heterocycles. The lowest BCUT2D eigenvalue weighted by Crippen LogP contribution is -2.26. The molecule has 0 aliphatic rings. The number of amides is 1. The molecular weight excluding hydrogens is 467 g/mol. The first-order chi connectivity index (χ1) is 16.3. The predicted octanol–water partition coefficient (Wildman–Crippen LogP) is 5.52. The molecule has 34 heavy (non-hydrogen) atoms. The molecule has 0 radical (unpaired) electrons. The van der Waals surface area contributed by atoms with Gasteiger partial charge in [-0.3, -0.25) is 4.79 Å². The molecule has 1 amide bonds. The van der Waals surface area contributed by atoms with Gasteiger partial charge in [-0.2, -0.15) is 18.3 Å². The van der Waals surface area contributed by atoms with Gasteiger partial charge in [0.1, 0.15) is 0 Å². The van der Waals surface area contributed by atoms with Crippen LogP contribution in [0.2, 0.25) is 5.02 Å². The maximum atomic E-state index is 13.8. The molecule has 0 bridgehead atoms. The normalized spacial score (nSPS) is 11.9. The summed E-state index contributed by atoms with van der Waals surface area (Å²) < 4.78 is 41.9. The molecule has 5 aromatic rings. The van der Waals surface area contributed by atoms with E-state index in [1.165, 1.54) is 6.07 Å². The van der Waals surface area contributed by atoms with Crippen molar-refractivity contribution in [3.05, 3.63) is 88.8 Å². The minimum Gasteiger partial charge on any atom is -0.361 e. The van der Waals surface area contributed by atoms with Crippen LogP contribution in [0.15, 0.2) is 66.9 Å². The molecule has 2 aromatic carbocycles. The zero-order chi connectivity index (χ0) is 23.9. The number of benzene rings is 2. The highest BCUT2D eigenvalue weighted by molar-refractivity contribution is 6.30. The van der Waals surface area contributed by atoms with Crippen molar-refractivity contribution in [3.8, 4) is 11.3 Å². The zero-order valence-corrected chi connectivity index (χ0v) is 18.3. The first-order valence-corrected chi connectivity index (χ1v) is 10.7. The van der Waals surface area contributed by atoms with E-state index in [0.29, 0.717) is 28.1 Å². The Bertz CT molecular complexity index is 1510. The molecule has 10 heteroatoms. The van der Waals surface area contributed by atoms with Crippen LogP contribution in [-0.2, 0) is 12.6 Å². The number of hydrogen-bond acceptors (Lipinski definition) is 3. The molecule has 0 saturated heterocycles. The lowest BCUT2D eigenvalue weighted by atomic mass is 10.1. The Labute approximate surface area is 196 Å². The van der Waals surface area contributed by atoms with Crippen molar-refractivity contribution in [1.29, 1.82) is 0 Å². The molecule has 0 fully saturated rings. The van der Waals surface area contributed by atoms with Gasteiger partial charge < -0.3 is 10.3 Å². The van der Waals surface area contributed by atoms with E-state index in [1.807, 2.05) is 30.5 Å². The van der Waals surface area contributed by atoms with Gasteiger partial charge in [-0.25, -0.2) is 9.50 Å². The fraction of sp³-hybridized carbons (Fsp3) is 0.125. The van der Waals surface area contributed by atoms with Crippen molar-refractivity contribution in [2.75, 3.05) is 6.54 Å². The fourth-order valence-electron chi connectivity index (χ4n) is 3.80. The Kier molecular flexibility index (Phi) is 5.49. The summed E-state index contributed by atoms with van der Waals surface area (Å²) in [4.78, 5) is 20.1. The summed E-state index contributed by atoms with van der Waals surface area (Å²) in [5.41, 5.74) is 1.32. The van der Waals surface area contributed by atoms with Gasteiger partial charge in [0, 0.05) is 40.3 Å². The minimum atomic E-state index is -4.70. The molecule has 0 saturated carbocycles. The quantitative estimate of drug-likeness (QED) is 0.345. The number of hydrogen-bond donors (Lipinski definition) is 2. The lowest BCUT2D eigenvalue weighted by molar-refractivity contribution is -0.142. The van der Waals surface area contributed by atoms with Gasteiger partial charge in [0.15, 0.2) is 17.0 Å². The van der Waals surface area contributed by atoms with Gasteiger partial charge in [0.05, 0.1) is 5.69 Å². The van der Waals surface area contributed by atoms with Crippen LogP contribution < -0.4 is 5.32 Å². The Balaban J connectivity index is 1.41. The van der Waals surface area contributed by atoms with E-state index >= 15 is 0 Å². The molecular formula is C24H17ClF3N5O. The van der Waals surface area contributed by atoms with Crippen molar-refractivity contribution >= 4 is 34.1 Å². The smallest absolute Gasteiger partial charge is 0.361 e. The van der Waals surface area contributed by atoms with Crippen LogP contribution in [0.3, 0.4) is 0 Å². The second kappa shape index (κ2) is 8.49. The number of H-pyrrole nitrogens is 1. The number of aromatic amines is 1. The summed E-state index contributed by atoms with van der Waals surface area (Å²) in [6.45, 7) is 0.296. The van der Waals surface area contributed by atoms with Gasteiger partial charge in [-0.05, 0) is 36.2 Å². The van der Waals surface area contributed by atoms with E-state index in [-0.39, 0.29) is 17.0 Å². The van der Waals surface area contributed by atoms with Crippen molar-refractivity contribution < 1.29 is 18.0 Å². The summed E-state index contributed by atoms with van der Waals surface area (Å²) in [5, 5.41) is 8.12. The van der Waals surface area contributed by atoms with Crippen LogP contribution in [0.5, 0.6) is 0 Å². The monoisotopic (exact) mass is 483 g/mol. The number of halogens is 4. The van der Waals surface area contributed by atoms with E-state index in [1.54, 1.807) is 24.3 Å². The number of carbonyl (C=O) groups excluding carboxylic acids is 1. The van der Waals surface area contributed by atoms with Crippen LogP contribution in [-0.4, -0.2) is 32.0 Å². The van der Waals surface area contributed by atoms with Crippen LogP contribution in [0.4, 0.5) is 13.2 Å². The minimum absolute atomic E-state index is 0.0819. The first-order valence-electron chi connectivity index (χ1n) is 10.4. The number of aromatic nitrogens is 4. The second-order valence-electron chi connectivity index (χ2n) is 7.70. The topological polar surface area (TPSA) is 75.1 Å². The molecule has 172 valence electrons. The Morgan fingerprint density at radius 2 is 1.85 bits per heavy atom. The zero-order valence-electron chi connectivity index (χ0n) is 17.5.